The fourth-order valence-corrected chi connectivity index (χ4v) is 4.82. The minimum absolute atomic E-state index is 0.739. The molecule has 1 saturated heterocycles. The summed E-state index contributed by atoms with van der Waals surface area (Å²) in [6, 6.07) is 11.9. The first-order valence-electron chi connectivity index (χ1n) is 13.1. The predicted molar refractivity (Wildman–Crippen MR) is 152 cm³/mol. The first-order chi connectivity index (χ1) is 19.4. The number of methoxy groups -OCH3 is 2. The van der Waals surface area contributed by atoms with Crippen LogP contribution in [0.5, 0.6) is 11.5 Å². The van der Waals surface area contributed by atoms with Crippen molar-refractivity contribution in [2.75, 3.05) is 50.2 Å². The number of azo groups is 2. The first kappa shape index (κ1) is 26.9. The van der Waals surface area contributed by atoms with Gasteiger partial charge in [-0.05, 0) is 24.3 Å². The minimum Gasteiger partial charge on any atom is -0.495 e. The summed E-state index contributed by atoms with van der Waals surface area (Å²) in [7, 11) is 11.2. The number of nitrogens with zero attached hydrogens (tertiary/aromatic N) is 10. The van der Waals surface area contributed by atoms with Crippen molar-refractivity contribution in [3.8, 4) is 11.5 Å². The lowest BCUT2D eigenvalue weighted by molar-refractivity contribution is -0.657. The maximum absolute atomic E-state index is 5.74. The Morgan fingerprint density at radius 1 is 0.625 bits per heavy atom. The third-order valence-electron chi connectivity index (χ3n) is 7.09. The summed E-state index contributed by atoms with van der Waals surface area (Å²) in [5.74, 6) is 3.08. The van der Waals surface area contributed by atoms with Gasteiger partial charge in [-0.2, -0.15) is 0 Å². The second-order valence-electron chi connectivity index (χ2n) is 9.73. The van der Waals surface area contributed by atoms with E-state index in [4.69, 9.17) is 9.47 Å². The largest absolute Gasteiger partial charge is 0.495 e. The van der Waals surface area contributed by atoms with E-state index in [1.807, 2.05) is 95.5 Å². The molecule has 5 rings (SSSR count). The van der Waals surface area contributed by atoms with Gasteiger partial charge >= 0.3 is 11.9 Å². The van der Waals surface area contributed by atoms with Gasteiger partial charge in [-0.15, -0.1) is 0 Å². The molecule has 0 amide bonds. The summed E-state index contributed by atoms with van der Waals surface area (Å²) < 4.78 is 19.2. The summed E-state index contributed by atoms with van der Waals surface area (Å²) in [6.45, 7) is 3.35. The zero-order valence-electron chi connectivity index (χ0n) is 23.9. The van der Waals surface area contributed by atoms with Crippen molar-refractivity contribution in [1.82, 2.24) is 9.13 Å². The molecular weight excluding hydrogens is 508 g/mol. The summed E-state index contributed by atoms with van der Waals surface area (Å²) in [5.41, 5.74) is 3.57. The van der Waals surface area contributed by atoms with Crippen LogP contribution in [0.1, 0.15) is 0 Å². The Hall–Kier alpha value is -4.74. The van der Waals surface area contributed by atoms with Gasteiger partial charge in [-0.25, -0.2) is 18.3 Å². The predicted octanol–water partition coefficient (Wildman–Crippen LogP) is 4.19. The van der Waals surface area contributed by atoms with Crippen molar-refractivity contribution < 1.29 is 18.6 Å². The summed E-state index contributed by atoms with van der Waals surface area (Å²) in [6.07, 6.45) is 7.77. The summed E-state index contributed by atoms with van der Waals surface area (Å²) >= 11 is 0. The molecule has 12 nitrogen and oxygen atoms in total. The van der Waals surface area contributed by atoms with E-state index in [0.29, 0.717) is 0 Å². The van der Waals surface area contributed by atoms with E-state index in [0.717, 1.165) is 72.3 Å². The smallest absolute Gasteiger partial charge is 0.421 e. The number of aromatic nitrogens is 4. The van der Waals surface area contributed by atoms with Gasteiger partial charge in [0.2, 0.25) is 0 Å². The van der Waals surface area contributed by atoms with Gasteiger partial charge in [0.25, 0.3) is 0 Å². The molecule has 0 unspecified atom stereocenters. The Morgan fingerprint density at radius 3 is 1.35 bits per heavy atom. The first-order valence-corrected chi connectivity index (χ1v) is 13.1. The second-order valence-corrected chi connectivity index (χ2v) is 9.73. The SMILES string of the molecule is COc1cc(/N=N/c2n(C)cc[n+]2C)ccc1N1CCN(c2ccc(/N=N/c3n(C)cc[n+]3C)cc2OC)CC1. The van der Waals surface area contributed by atoms with E-state index in [-0.39, 0.29) is 0 Å². The molecule has 1 fully saturated rings. The van der Waals surface area contributed by atoms with Gasteiger partial charge in [0, 0.05) is 48.5 Å². The number of ether oxygens (including phenoxy) is 2. The van der Waals surface area contributed by atoms with Gasteiger partial charge in [-0.1, -0.05) is 10.2 Å². The highest BCUT2D eigenvalue weighted by atomic mass is 16.5. The van der Waals surface area contributed by atoms with Crippen LogP contribution in [-0.2, 0) is 28.2 Å². The van der Waals surface area contributed by atoms with Crippen molar-refractivity contribution in [3.63, 3.8) is 0 Å². The van der Waals surface area contributed by atoms with Gasteiger partial charge in [0.1, 0.15) is 22.9 Å². The van der Waals surface area contributed by atoms with Crippen molar-refractivity contribution in [1.29, 1.82) is 0 Å². The van der Waals surface area contributed by atoms with E-state index in [1.165, 1.54) is 0 Å². The molecule has 0 N–H and O–H groups in total. The zero-order chi connectivity index (χ0) is 28.2. The number of rotatable bonds is 8. The molecule has 1 aliphatic rings. The van der Waals surface area contributed by atoms with Crippen LogP contribution in [0.4, 0.5) is 34.6 Å². The molecule has 40 heavy (non-hydrogen) atoms. The van der Waals surface area contributed by atoms with Crippen LogP contribution in [-0.4, -0.2) is 49.5 Å². The third-order valence-corrected chi connectivity index (χ3v) is 7.09. The number of piperazine rings is 1. The monoisotopic (exact) mass is 544 g/mol. The van der Waals surface area contributed by atoms with Crippen molar-refractivity contribution in [2.24, 2.45) is 48.6 Å². The highest BCUT2D eigenvalue weighted by Crippen LogP contribution is 2.36. The molecule has 0 saturated carbocycles. The Morgan fingerprint density at radius 2 is 1.02 bits per heavy atom. The molecule has 0 bridgehead atoms. The molecule has 12 heteroatoms. The molecule has 208 valence electrons. The topological polar surface area (TPSA) is 92.0 Å². The lowest BCUT2D eigenvalue weighted by atomic mass is 10.2. The maximum Gasteiger partial charge on any atom is 0.421 e. The lowest BCUT2D eigenvalue weighted by Crippen LogP contribution is -2.46. The van der Waals surface area contributed by atoms with E-state index in [9.17, 15) is 0 Å². The molecule has 0 radical (unpaired) electrons. The Kier molecular flexibility index (Phi) is 7.76. The van der Waals surface area contributed by atoms with Gasteiger partial charge < -0.3 is 19.3 Å². The van der Waals surface area contributed by atoms with Crippen molar-refractivity contribution >= 4 is 34.6 Å². The van der Waals surface area contributed by atoms with Crippen LogP contribution in [0.3, 0.4) is 0 Å². The molecule has 0 atom stereocenters. The van der Waals surface area contributed by atoms with Crippen LogP contribution in [0.2, 0.25) is 0 Å². The number of hydrogen-bond acceptors (Lipinski definition) is 8. The van der Waals surface area contributed by atoms with Gasteiger partial charge in [-0.3, -0.25) is 0 Å². The van der Waals surface area contributed by atoms with E-state index >= 15 is 0 Å². The molecule has 0 aliphatic carbocycles. The molecule has 2 aromatic heterocycles. The quantitative estimate of drug-likeness (QED) is 0.246. The number of aryl methyl sites for hydroxylation is 4. The van der Waals surface area contributed by atoms with Gasteiger partial charge in [0.15, 0.2) is 0 Å². The van der Waals surface area contributed by atoms with E-state index in [1.54, 1.807) is 14.2 Å². The second kappa shape index (κ2) is 11.6. The molecular formula is C28H36N10O2+2. The molecule has 4 aromatic rings. The van der Waals surface area contributed by atoms with Crippen LogP contribution in [0.25, 0.3) is 0 Å². The average molecular weight is 545 g/mol. The minimum atomic E-state index is 0.739. The van der Waals surface area contributed by atoms with E-state index < -0.39 is 0 Å². The normalized spacial score (nSPS) is 14.1. The number of imidazole rings is 2. The maximum atomic E-state index is 5.74. The van der Waals surface area contributed by atoms with Crippen LogP contribution in [0.15, 0.2) is 81.6 Å². The van der Waals surface area contributed by atoms with Gasteiger partial charge in [0.05, 0.1) is 78.6 Å². The fraction of sp³-hybridized carbons (Fsp3) is 0.357. The number of benzene rings is 2. The van der Waals surface area contributed by atoms with Crippen molar-refractivity contribution in [2.45, 2.75) is 0 Å². The lowest BCUT2D eigenvalue weighted by Gasteiger charge is -2.38. The van der Waals surface area contributed by atoms with Crippen molar-refractivity contribution in [3.05, 3.63) is 61.2 Å². The summed E-state index contributed by atoms with van der Waals surface area (Å²) in [4.78, 5) is 4.67. The molecule has 1 aliphatic heterocycles. The standard InChI is InChI=1S/C28H36N10O2/c1-33-11-12-34(2)27(33)31-29-21-7-9-23(25(19-21)39-5)37-15-17-38(18-16-37)24-10-8-22(20-26(24)40-6)30-32-28-35(3)13-14-36(28)4/h7-14,19-20H,15-18H2,1-6H3/q+2. The van der Waals surface area contributed by atoms with Crippen LogP contribution >= 0.6 is 0 Å². The Bertz CT molecular complexity index is 1390. The summed E-state index contributed by atoms with van der Waals surface area (Å²) in [5, 5.41) is 17.6. The fourth-order valence-electron chi connectivity index (χ4n) is 4.82. The van der Waals surface area contributed by atoms with Crippen LogP contribution < -0.4 is 28.4 Å². The van der Waals surface area contributed by atoms with Crippen LogP contribution in [0, 0.1) is 0 Å². The third kappa shape index (κ3) is 5.51. The molecule has 3 heterocycles. The molecule has 0 spiro atoms. The molecule has 2 aromatic carbocycles. The highest BCUT2D eigenvalue weighted by molar-refractivity contribution is 5.67. The Balaban J connectivity index is 1.26. The van der Waals surface area contributed by atoms with E-state index in [2.05, 4.69) is 42.4 Å². The zero-order valence-corrected chi connectivity index (χ0v) is 23.9. The highest BCUT2D eigenvalue weighted by Gasteiger charge is 2.23. The Labute approximate surface area is 234 Å². The number of anilines is 2. The average Bonchev–Trinajstić information content (AvgIpc) is 3.48. The number of hydrogen-bond donors (Lipinski definition) is 0.